The van der Waals surface area contributed by atoms with E-state index in [2.05, 4.69) is 4.98 Å². The molecule has 0 saturated carbocycles. The number of aliphatic hydroxyl groups is 1. The van der Waals surface area contributed by atoms with Crippen molar-refractivity contribution in [3.05, 3.63) is 16.7 Å². The summed E-state index contributed by atoms with van der Waals surface area (Å²) >= 11 is 5.89. The van der Waals surface area contributed by atoms with E-state index in [-0.39, 0.29) is 0 Å². The molecular formula is C8H11ClN2O. The summed E-state index contributed by atoms with van der Waals surface area (Å²) in [6.45, 7) is 1.86. The van der Waals surface area contributed by atoms with Crippen molar-refractivity contribution >= 4 is 11.6 Å². The van der Waals surface area contributed by atoms with Gasteiger partial charge in [0.15, 0.2) is 5.15 Å². The van der Waals surface area contributed by atoms with Crippen LogP contribution in [-0.2, 0) is 6.42 Å². The first-order valence-electron chi connectivity index (χ1n) is 4.11. The monoisotopic (exact) mass is 186 g/mol. The summed E-state index contributed by atoms with van der Waals surface area (Å²) in [6, 6.07) is 0. The van der Waals surface area contributed by atoms with E-state index in [4.69, 9.17) is 11.6 Å². The Morgan fingerprint density at radius 2 is 2.42 bits per heavy atom. The van der Waals surface area contributed by atoms with Gasteiger partial charge in [-0.25, -0.2) is 4.98 Å². The molecule has 0 amide bonds. The SMILES string of the molecule is Cc1nc(Cl)c2n1C(O)CCC2. The van der Waals surface area contributed by atoms with Crippen molar-refractivity contribution in [2.24, 2.45) is 0 Å². The summed E-state index contributed by atoms with van der Waals surface area (Å²) in [7, 11) is 0. The first-order chi connectivity index (χ1) is 5.70. The van der Waals surface area contributed by atoms with Crippen molar-refractivity contribution < 1.29 is 5.11 Å². The van der Waals surface area contributed by atoms with Gasteiger partial charge in [-0.05, 0) is 26.2 Å². The number of nitrogens with zero attached hydrogens (tertiary/aromatic N) is 2. The molecular weight excluding hydrogens is 176 g/mol. The first-order valence-corrected chi connectivity index (χ1v) is 4.49. The number of hydrogen-bond donors (Lipinski definition) is 1. The molecule has 3 nitrogen and oxygen atoms in total. The second kappa shape index (κ2) is 2.75. The average molecular weight is 187 g/mol. The number of rotatable bonds is 0. The second-order valence-corrected chi connectivity index (χ2v) is 3.50. The van der Waals surface area contributed by atoms with E-state index in [0.29, 0.717) is 5.15 Å². The van der Waals surface area contributed by atoms with Crippen LogP contribution in [-0.4, -0.2) is 14.7 Å². The lowest BCUT2D eigenvalue weighted by Crippen LogP contribution is -2.18. The van der Waals surface area contributed by atoms with Crippen LogP contribution in [0.3, 0.4) is 0 Å². The molecule has 1 aromatic rings. The third-order valence-corrected chi connectivity index (χ3v) is 2.61. The van der Waals surface area contributed by atoms with Crippen LogP contribution in [0.25, 0.3) is 0 Å². The minimum Gasteiger partial charge on any atom is -0.373 e. The van der Waals surface area contributed by atoms with Gasteiger partial charge in [0.1, 0.15) is 12.1 Å². The smallest absolute Gasteiger partial charge is 0.150 e. The second-order valence-electron chi connectivity index (χ2n) is 3.14. The van der Waals surface area contributed by atoms with Crippen molar-refractivity contribution in [2.75, 3.05) is 0 Å². The third-order valence-electron chi connectivity index (χ3n) is 2.31. The summed E-state index contributed by atoms with van der Waals surface area (Å²) < 4.78 is 1.83. The molecule has 12 heavy (non-hydrogen) atoms. The zero-order chi connectivity index (χ0) is 8.72. The summed E-state index contributed by atoms with van der Waals surface area (Å²) in [5, 5.41) is 10.2. The van der Waals surface area contributed by atoms with Gasteiger partial charge in [-0.3, -0.25) is 0 Å². The van der Waals surface area contributed by atoms with Gasteiger partial charge in [0, 0.05) is 0 Å². The molecule has 1 atom stereocenters. The summed E-state index contributed by atoms with van der Waals surface area (Å²) in [5.41, 5.74) is 0.980. The molecule has 0 bridgehead atoms. The molecule has 1 aliphatic heterocycles. The minimum atomic E-state index is -0.422. The summed E-state index contributed by atoms with van der Waals surface area (Å²) in [5.74, 6) is 0.808. The normalized spacial score (nSPS) is 22.4. The van der Waals surface area contributed by atoms with Gasteiger partial charge >= 0.3 is 0 Å². The number of aliphatic hydroxyl groups excluding tert-OH is 1. The Kier molecular flexibility index (Phi) is 1.85. The van der Waals surface area contributed by atoms with Gasteiger partial charge in [-0.1, -0.05) is 11.6 Å². The quantitative estimate of drug-likeness (QED) is 0.670. The van der Waals surface area contributed by atoms with Gasteiger partial charge in [-0.2, -0.15) is 0 Å². The Morgan fingerprint density at radius 1 is 1.67 bits per heavy atom. The molecule has 1 N–H and O–H groups in total. The fourth-order valence-electron chi connectivity index (χ4n) is 1.76. The van der Waals surface area contributed by atoms with Crippen LogP contribution in [0.1, 0.15) is 30.6 Å². The van der Waals surface area contributed by atoms with Gasteiger partial charge < -0.3 is 9.67 Å². The van der Waals surface area contributed by atoms with Crippen LogP contribution < -0.4 is 0 Å². The highest BCUT2D eigenvalue weighted by molar-refractivity contribution is 6.30. The summed E-state index contributed by atoms with van der Waals surface area (Å²) in [6.07, 6.45) is 2.30. The highest BCUT2D eigenvalue weighted by atomic mass is 35.5. The van der Waals surface area contributed by atoms with Gasteiger partial charge in [0.2, 0.25) is 0 Å². The fraction of sp³-hybridized carbons (Fsp3) is 0.625. The Morgan fingerprint density at radius 3 is 3.08 bits per heavy atom. The van der Waals surface area contributed by atoms with E-state index in [1.807, 2.05) is 11.5 Å². The lowest BCUT2D eigenvalue weighted by molar-refractivity contribution is 0.0768. The van der Waals surface area contributed by atoms with E-state index in [9.17, 15) is 5.11 Å². The zero-order valence-corrected chi connectivity index (χ0v) is 7.67. The molecule has 0 aliphatic carbocycles. The predicted octanol–water partition coefficient (Wildman–Crippen LogP) is 1.67. The maximum absolute atomic E-state index is 9.62. The highest BCUT2D eigenvalue weighted by Crippen LogP contribution is 2.29. The molecule has 1 aliphatic rings. The molecule has 66 valence electrons. The Hall–Kier alpha value is -0.540. The topological polar surface area (TPSA) is 38.0 Å². The highest BCUT2D eigenvalue weighted by Gasteiger charge is 2.22. The first kappa shape index (κ1) is 8.08. The lowest BCUT2D eigenvalue weighted by atomic mass is 10.1. The van der Waals surface area contributed by atoms with Gasteiger partial charge in [-0.15, -0.1) is 0 Å². The third kappa shape index (κ3) is 1.04. The number of fused-ring (bicyclic) bond motifs is 1. The van der Waals surface area contributed by atoms with Gasteiger partial charge in [0.05, 0.1) is 5.69 Å². The Labute approximate surface area is 76.0 Å². The molecule has 0 saturated heterocycles. The van der Waals surface area contributed by atoms with Crippen molar-refractivity contribution in [1.29, 1.82) is 0 Å². The lowest BCUT2D eigenvalue weighted by Gasteiger charge is -2.21. The predicted molar refractivity (Wildman–Crippen MR) is 46.2 cm³/mol. The van der Waals surface area contributed by atoms with Crippen LogP contribution in [0.5, 0.6) is 0 Å². The number of aromatic nitrogens is 2. The summed E-state index contributed by atoms with van der Waals surface area (Å²) in [4.78, 5) is 4.11. The molecule has 0 fully saturated rings. The van der Waals surface area contributed by atoms with Crippen molar-refractivity contribution in [1.82, 2.24) is 9.55 Å². The van der Waals surface area contributed by atoms with Crippen LogP contribution in [0.2, 0.25) is 5.15 Å². The van der Waals surface area contributed by atoms with Crippen molar-refractivity contribution in [3.63, 3.8) is 0 Å². The maximum atomic E-state index is 9.62. The van der Waals surface area contributed by atoms with E-state index < -0.39 is 6.23 Å². The van der Waals surface area contributed by atoms with Crippen molar-refractivity contribution in [2.45, 2.75) is 32.4 Å². The van der Waals surface area contributed by atoms with E-state index >= 15 is 0 Å². The molecule has 2 rings (SSSR count). The zero-order valence-electron chi connectivity index (χ0n) is 6.92. The number of halogens is 1. The average Bonchev–Trinajstić information content (AvgIpc) is 2.29. The van der Waals surface area contributed by atoms with Crippen LogP contribution >= 0.6 is 11.6 Å². The molecule has 0 aromatic carbocycles. The molecule has 0 radical (unpaired) electrons. The van der Waals surface area contributed by atoms with Gasteiger partial charge in [0.25, 0.3) is 0 Å². The Balaban J connectivity index is 2.55. The van der Waals surface area contributed by atoms with E-state index in [0.717, 1.165) is 30.8 Å². The number of aryl methyl sites for hydroxylation is 1. The van der Waals surface area contributed by atoms with Crippen molar-refractivity contribution in [3.8, 4) is 0 Å². The van der Waals surface area contributed by atoms with E-state index in [1.54, 1.807) is 0 Å². The largest absolute Gasteiger partial charge is 0.373 e. The minimum absolute atomic E-state index is 0.422. The van der Waals surface area contributed by atoms with Crippen LogP contribution in [0.4, 0.5) is 0 Å². The van der Waals surface area contributed by atoms with Crippen LogP contribution in [0, 0.1) is 6.92 Å². The van der Waals surface area contributed by atoms with E-state index in [1.165, 1.54) is 0 Å². The standard InChI is InChI=1S/C8H11ClN2O/c1-5-10-8(9)6-3-2-4-7(12)11(5)6/h7,12H,2-4H2,1H3. The number of hydrogen-bond acceptors (Lipinski definition) is 2. The maximum Gasteiger partial charge on any atom is 0.150 e. The molecule has 1 unspecified atom stereocenters. The molecule has 4 heteroatoms. The molecule has 2 heterocycles. The molecule has 0 spiro atoms. The Bertz CT molecular complexity index is 308. The molecule has 1 aromatic heterocycles. The van der Waals surface area contributed by atoms with Crippen LogP contribution in [0.15, 0.2) is 0 Å². The fourth-order valence-corrected chi connectivity index (χ4v) is 2.06. The number of imidazole rings is 1.